The normalized spacial score (nSPS) is 19.8. The molecule has 1 aliphatic carbocycles. The Bertz CT molecular complexity index is 1080. The topological polar surface area (TPSA) is 183 Å². The summed E-state index contributed by atoms with van der Waals surface area (Å²) in [6.07, 6.45) is 4.21. The number of hydrogen-bond donors (Lipinski definition) is 4. The second-order valence-electron chi connectivity index (χ2n) is 11.8. The van der Waals surface area contributed by atoms with Crippen molar-refractivity contribution in [3.05, 3.63) is 0 Å². The molecule has 0 radical (unpaired) electrons. The Kier molecular flexibility index (Phi) is 12.1. The van der Waals surface area contributed by atoms with Crippen LogP contribution in [0.1, 0.15) is 72.6 Å². The van der Waals surface area contributed by atoms with Crippen LogP contribution in [0.2, 0.25) is 0 Å². The maximum Gasteiger partial charge on any atom is 0.315 e. The number of carbonyl (C=O) groups is 5. The predicted molar refractivity (Wildman–Crippen MR) is 151 cm³/mol. The average molecular weight is 603 g/mol. The lowest BCUT2D eigenvalue weighted by Crippen LogP contribution is -2.63. The van der Waals surface area contributed by atoms with Crippen molar-refractivity contribution in [2.75, 3.05) is 39.5 Å². The number of likely N-dealkylation sites (tertiary alicyclic amines) is 1. The van der Waals surface area contributed by atoms with Gasteiger partial charge in [0.1, 0.15) is 12.1 Å². The van der Waals surface area contributed by atoms with Crippen molar-refractivity contribution in [1.29, 1.82) is 0 Å². The minimum atomic E-state index is -3.84. The summed E-state index contributed by atoms with van der Waals surface area (Å²) in [5, 5.41) is 10.4. The fourth-order valence-electron chi connectivity index (χ4n) is 5.24. The van der Waals surface area contributed by atoms with E-state index in [0.29, 0.717) is 25.7 Å². The lowest BCUT2D eigenvalue weighted by Gasteiger charge is -2.40. The zero-order valence-corrected chi connectivity index (χ0v) is 25.8. The number of likely N-dealkylation sites (N-methyl/N-ethyl adjacent to an activating group) is 1. The second-order valence-corrected chi connectivity index (χ2v) is 13.7. The number of hydrogen-bond acceptors (Lipinski definition) is 8. The van der Waals surface area contributed by atoms with Gasteiger partial charge in [-0.3, -0.25) is 24.0 Å². The van der Waals surface area contributed by atoms with Crippen LogP contribution in [0.4, 0.5) is 4.79 Å². The van der Waals surface area contributed by atoms with E-state index in [2.05, 4.69) is 21.3 Å². The van der Waals surface area contributed by atoms with Crippen LogP contribution in [0.3, 0.4) is 0 Å². The first kappa shape index (κ1) is 34.4. The lowest BCUT2D eigenvalue weighted by atomic mass is 9.83. The van der Waals surface area contributed by atoms with Crippen LogP contribution in [0.25, 0.3) is 0 Å². The van der Waals surface area contributed by atoms with Gasteiger partial charge in [0.2, 0.25) is 27.6 Å². The number of nitrogens with zero attached hydrogens (tertiary/aromatic N) is 2. The van der Waals surface area contributed by atoms with Crippen LogP contribution >= 0.6 is 0 Å². The Hall–Kier alpha value is -2.78. The van der Waals surface area contributed by atoms with E-state index < -0.39 is 69.1 Å². The Morgan fingerprint density at radius 2 is 1.68 bits per heavy atom. The smallest absolute Gasteiger partial charge is 0.315 e. The maximum absolute atomic E-state index is 13.8. The monoisotopic (exact) mass is 602 g/mol. The van der Waals surface area contributed by atoms with Crippen molar-refractivity contribution in [1.82, 2.24) is 30.6 Å². The minimum absolute atomic E-state index is 0.277. The number of sulfonamides is 1. The zero-order chi connectivity index (χ0) is 31.0. The highest BCUT2D eigenvalue weighted by molar-refractivity contribution is 7.89. The molecule has 2 fully saturated rings. The van der Waals surface area contributed by atoms with Crippen LogP contribution in [0, 0.1) is 5.41 Å². The third-order valence-corrected chi connectivity index (χ3v) is 9.39. The molecule has 4 N–H and O–H groups in total. The average Bonchev–Trinajstić information content (AvgIpc) is 3.39. The standard InChI is InChI=1S/C26H46N6O8S/c1-7-27-22(35)19(33)16-28-21(34)18-12-11-15-32(18)23(36)20(25(2,3)4)29-24(37)30-26(13-9-8-10-14-26)17-41(38,39)31(5)40-6/h18,20H,7-17H2,1-6H3,(H,27,35)(H,28,34)(H2,29,30,37)/t18-,20+/m0/s1. The van der Waals surface area contributed by atoms with E-state index in [1.165, 1.54) is 19.1 Å². The summed E-state index contributed by atoms with van der Waals surface area (Å²) in [7, 11) is -1.30. The first-order chi connectivity index (χ1) is 19.1. The zero-order valence-electron chi connectivity index (χ0n) is 25.0. The molecule has 1 saturated carbocycles. The van der Waals surface area contributed by atoms with Crippen LogP contribution in [-0.4, -0.2) is 104 Å². The number of Topliss-reactive ketones (excluding diaryl/α,β-unsaturated/α-hetero) is 1. The number of urea groups is 1. The molecular formula is C26H46N6O8S. The highest BCUT2D eigenvalue weighted by atomic mass is 32.2. The lowest BCUT2D eigenvalue weighted by molar-refractivity contribution is -0.142. The van der Waals surface area contributed by atoms with Crippen molar-refractivity contribution < 1.29 is 37.2 Å². The summed E-state index contributed by atoms with van der Waals surface area (Å²) in [6, 6.07) is -2.58. The van der Waals surface area contributed by atoms with Crippen molar-refractivity contribution >= 4 is 39.6 Å². The number of amides is 5. The Morgan fingerprint density at radius 1 is 1.05 bits per heavy atom. The van der Waals surface area contributed by atoms with E-state index in [0.717, 1.165) is 23.7 Å². The molecule has 0 unspecified atom stereocenters. The molecular weight excluding hydrogens is 556 g/mol. The summed E-state index contributed by atoms with van der Waals surface area (Å²) in [5.41, 5.74) is -1.79. The molecule has 0 aromatic heterocycles. The number of nitrogens with one attached hydrogen (secondary N) is 4. The first-order valence-corrected chi connectivity index (χ1v) is 15.7. The van der Waals surface area contributed by atoms with Gasteiger partial charge in [-0.2, -0.15) is 0 Å². The van der Waals surface area contributed by atoms with E-state index in [4.69, 9.17) is 4.84 Å². The van der Waals surface area contributed by atoms with Gasteiger partial charge in [-0.25, -0.2) is 13.2 Å². The van der Waals surface area contributed by atoms with E-state index in [-0.39, 0.29) is 18.8 Å². The molecule has 15 heteroatoms. The molecule has 41 heavy (non-hydrogen) atoms. The fourth-order valence-corrected chi connectivity index (χ4v) is 6.71. The summed E-state index contributed by atoms with van der Waals surface area (Å²) in [5.74, 6) is -2.97. The number of hydroxylamine groups is 1. The minimum Gasteiger partial charge on any atom is -0.350 e. The van der Waals surface area contributed by atoms with Crippen molar-refractivity contribution in [2.45, 2.75) is 90.3 Å². The Labute approximate surface area is 242 Å². The highest BCUT2D eigenvalue weighted by Crippen LogP contribution is 2.31. The third-order valence-electron chi connectivity index (χ3n) is 7.54. The molecule has 14 nitrogen and oxygen atoms in total. The van der Waals surface area contributed by atoms with Gasteiger partial charge in [-0.05, 0) is 38.0 Å². The molecule has 0 spiro atoms. The van der Waals surface area contributed by atoms with Gasteiger partial charge in [0.05, 0.1) is 24.9 Å². The number of rotatable bonds is 12. The number of carbonyl (C=O) groups excluding carboxylic acids is 5. The molecule has 2 rings (SSSR count). The van der Waals surface area contributed by atoms with E-state index >= 15 is 0 Å². The molecule has 0 bridgehead atoms. The SMILES string of the molecule is CCNC(=O)C(=O)CNC(=O)[C@@H]1CCCN1C(=O)[C@@H](NC(=O)NC1(CS(=O)(=O)N(C)OC)CCCCC1)C(C)(C)C. The molecule has 2 aliphatic rings. The summed E-state index contributed by atoms with van der Waals surface area (Å²) in [6.45, 7) is 7.07. The van der Waals surface area contributed by atoms with Gasteiger partial charge in [0, 0.05) is 20.1 Å². The predicted octanol–water partition coefficient (Wildman–Crippen LogP) is 0.0386. The van der Waals surface area contributed by atoms with E-state index in [1.807, 2.05) is 0 Å². The summed E-state index contributed by atoms with van der Waals surface area (Å²) < 4.78 is 26.4. The number of ketones is 1. The molecule has 1 heterocycles. The molecule has 2 atom stereocenters. The van der Waals surface area contributed by atoms with Crippen molar-refractivity contribution in [2.24, 2.45) is 5.41 Å². The van der Waals surface area contributed by atoms with Crippen molar-refractivity contribution in [3.8, 4) is 0 Å². The third kappa shape index (κ3) is 9.36. The molecule has 1 aliphatic heterocycles. The second kappa shape index (κ2) is 14.4. The summed E-state index contributed by atoms with van der Waals surface area (Å²) >= 11 is 0. The van der Waals surface area contributed by atoms with Gasteiger partial charge in [-0.15, -0.1) is 0 Å². The van der Waals surface area contributed by atoms with Gasteiger partial charge in [0.15, 0.2) is 0 Å². The highest BCUT2D eigenvalue weighted by Gasteiger charge is 2.44. The van der Waals surface area contributed by atoms with E-state index in [9.17, 15) is 32.4 Å². The van der Waals surface area contributed by atoms with Gasteiger partial charge < -0.3 is 26.2 Å². The molecule has 1 saturated heterocycles. The first-order valence-electron chi connectivity index (χ1n) is 14.1. The Morgan fingerprint density at radius 3 is 2.24 bits per heavy atom. The maximum atomic E-state index is 13.8. The van der Waals surface area contributed by atoms with Crippen LogP contribution in [0.5, 0.6) is 0 Å². The van der Waals surface area contributed by atoms with Crippen LogP contribution in [0.15, 0.2) is 0 Å². The quantitative estimate of drug-likeness (QED) is 0.178. The van der Waals surface area contributed by atoms with Gasteiger partial charge in [0.25, 0.3) is 5.91 Å². The Balaban J connectivity index is 2.17. The van der Waals surface area contributed by atoms with Crippen LogP contribution < -0.4 is 21.3 Å². The van der Waals surface area contributed by atoms with Gasteiger partial charge >= 0.3 is 6.03 Å². The largest absolute Gasteiger partial charge is 0.350 e. The molecule has 0 aromatic rings. The fraction of sp³-hybridized carbons (Fsp3) is 0.808. The van der Waals surface area contributed by atoms with E-state index in [1.54, 1.807) is 27.7 Å². The molecule has 5 amide bonds. The van der Waals surface area contributed by atoms with Crippen molar-refractivity contribution in [3.63, 3.8) is 0 Å². The van der Waals surface area contributed by atoms with Gasteiger partial charge in [-0.1, -0.05) is 44.5 Å². The summed E-state index contributed by atoms with van der Waals surface area (Å²) in [4.78, 5) is 69.9. The van der Waals surface area contributed by atoms with Crippen LogP contribution in [-0.2, 0) is 34.0 Å². The molecule has 234 valence electrons. The molecule has 0 aromatic carbocycles.